The number of benzene rings is 1. The maximum Gasteiger partial charge on any atom is 0.129 e. The maximum atomic E-state index is 9.07. The number of aliphatic hydroxyl groups is 1. The smallest absolute Gasteiger partial charge is 0.129 e. The molecule has 118 valence electrons. The molecule has 3 N–H and O–H groups in total. The molecule has 0 heterocycles. The molecule has 1 aromatic rings. The molecule has 1 aromatic carbocycles. The first-order valence-electron chi connectivity index (χ1n) is 7.53. The van der Waals surface area contributed by atoms with Crippen molar-refractivity contribution in [1.82, 2.24) is 4.90 Å². The van der Waals surface area contributed by atoms with Crippen molar-refractivity contribution in [2.75, 3.05) is 32.8 Å². The lowest BCUT2D eigenvalue weighted by Crippen LogP contribution is -2.30. The van der Waals surface area contributed by atoms with Crippen LogP contribution in [-0.2, 0) is 0 Å². The van der Waals surface area contributed by atoms with Gasteiger partial charge in [-0.3, -0.25) is 0 Å². The monoisotopic (exact) mass is 310 g/mol. The van der Waals surface area contributed by atoms with Crippen LogP contribution in [0.25, 0.3) is 0 Å². The van der Waals surface area contributed by atoms with E-state index in [0.29, 0.717) is 11.6 Å². The van der Waals surface area contributed by atoms with Crippen LogP contribution in [0.15, 0.2) is 24.3 Å². The number of nitrogens with zero attached hydrogens (tertiary/aromatic N) is 1. The Bertz CT molecular complexity index is 426. The van der Waals surface area contributed by atoms with Crippen LogP contribution in [0.3, 0.4) is 0 Å². The highest BCUT2D eigenvalue weighted by atomic mass is 32.1. The van der Waals surface area contributed by atoms with Gasteiger partial charge in [0, 0.05) is 13.1 Å². The van der Waals surface area contributed by atoms with E-state index in [9.17, 15) is 0 Å². The fourth-order valence-corrected chi connectivity index (χ4v) is 2.29. The summed E-state index contributed by atoms with van der Waals surface area (Å²) in [5, 5.41) is 9.07. The largest absolute Gasteiger partial charge is 0.493 e. The van der Waals surface area contributed by atoms with Crippen LogP contribution in [0, 0.1) is 0 Å². The highest BCUT2D eigenvalue weighted by Gasteiger charge is 2.06. The summed E-state index contributed by atoms with van der Waals surface area (Å²) in [6.07, 6.45) is 3.24. The fraction of sp³-hybridized carbons (Fsp3) is 0.562. The zero-order valence-electron chi connectivity index (χ0n) is 12.8. The van der Waals surface area contributed by atoms with Gasteiger partial charge in [0.05, 0.1) is 18.8 Å². The molecule has 5 heteroatoms. The number of thiocarbonyl (C=S) groups is 1. The van der Waals surface area contributed by atoms with E-state index in [-0.39, 0.29) is 6.61 Å². The summed E-state index contributed by atoms with van der Waals surface area (Å²) >= 11 is 5.01. The molecule has 0 unspecified atom stereocenters. The van der Waals surface area contributed by atoms with Gasteiger partial charge in [-0.25, -0.2) is 0 Å². The number of hydrogen-bond donors (Lipinski definition) is 2. The average molecular weight is 310 g/mol. The van der Waals surface area contributed by atoms with Crippen molar-refractivity contribution in [3.05, 3.63) is 29.8 Å². The molecule has 0 atom stereocenters. The van der Waals surface area contributed by atoms with Gasteiger partial charge in [-0.2, -0.15) is 0 Å². The van der Waals surface area contributed by atoms with E-state index in [4.69, 9.17) is 27.8 Å². The van der Waals surface area contributed by atoms with Gasteiger partial charge in [0.25, 0.3) is 0 Å². The lowest BCUT2D eigenvalue weighted by molar-refractivity contribution is 0.181. The molecule has 0 saturated carbocycles. The van der Waals surface area contributed by atoms with Gasteiger partial charge in [-0.1, -0.05) is 37.7 Å². The third kappa shape index (κ3) is 6.89. The maximum absolute atomic E-state index is 9.07. The average Bonchev–Trinajstić information content (AvgIpc) is 2.49. The minimum Gasteiger partial charge on any atom is -0.493 e. The Balaban J connectivity index is 2.37. The summed E-state index contributed by atoms with van der Waals surface area (Å²) < 4.78 is 5.77. The molecule has 1 rings (SSSR count). The molecule has 0 spiro atoms. The van der Waals surface area contributed by atoms with E-state index in [0.717, 1.165) is 43.8 Å². The van der Waals surface area contributed by atoms with Crippen molar-refractivity contribution >= 4 is 17.2 Å². The van der Waals surface area contributed by atoms with Crippen LogP contribution < -0.4 is 10.5 Å². The van der Waals surface area contributed by atoms with Crippen LogP contribution in [0.5, 0.6) is 5.75 Å². The second-order valence-corrected chi connectivity index (χ2v) is 5.42. The SMILES string of the molecule is CCCCN(CCO)CCCOc1ccccc1C(N)=S. The van der Waals surface area contributed by atoms with Crippen LogP contribution in [-0.4, -0.2) is 47.8 Å². The second-order valence-electron chi connectivity index (χ2n) is 4.98. The van der Waals surface area contributed by atoms with Crippen molar-refractivity contribution in [3.8, 4) is 5.75 Å². The Morgan fingerprint density at radius 1 is 1.24 bits per heavy atom. The zero-order valence-corrected chi connectivity index (χ0v) is 13.6. The first-order valence-corrected chi connectivity index (χ1v) is 7.94. The highest BCUT2D eigenvalue weighted by molar-refractivity contribution is 7.80. The van der Waals surface area contributed by atoms with E-state index in [1.165, 1.54) is 6.42 Å². The normalized spacial score (nSPS) is 10.8. The molecule has 4 nitrogen and oxygen atoms in total. The molecule has 0 aliphatic rings. The van der Waals surface area contributed by atoms with Gasteiger partial charge in [0.2, 0.25) is 0 Å². The molecular formula is C16H26N2O2S. The number of para-hydroxylation sites is 1. The summed E-state index contributed by atoms with van der Waals surface area (Å²) in [4.78, 5) is 2.63. The first-order chi connectivity index (χ1) is 10.2. The molecular weight excluding hydrogens is 284 g/mol. The predicted octanol–water partition coefficient (Wildman–Crippen LogP) is 2.18. The predicted molar refractivity (Wildman–Crippen MR) is 90.9 cm³/mol. The Morgan fingerprint density at radius 2 is 1.95 bits per heavy atom. The fourth-order valence-electron chi connectivity index (χ4n) is 2.12. The standard InChI is InChI=1S/C16H26N2O2S/c1-2-3-9-18(11-12-19)10-6-13-20-15-8-5-4-7-14(15)16(17)21/h4-5,7-8,19H,2-3,6,9-13H2,1H3,(H2,17,21). The summed E-state index contributed by atoms with van der Waals surface area (Å²) in [5.41, 5.74) is 6.46. The van der Waals surface area contributed by atoms with Gasteiger partial charge in [0.1, 0.15) is 10.7 Å². The Morgan fingerprint density at radius 3 is 2.62 bits per heavy atom. The topological polar surface area (TPSA) is 58.7 Å². The first kappa shape index (κ1) is 17.9. The Kier molecular flexibility index (Phi) is 8.98. The second kappa shape index (κ2) is 10.5. The van der Waals surface area contributed by atoms with Crippen molar-refractivity contribution in [1.29, 1.82) is 0 Å². The van der Waals surface area contributed by atoms with E-state index in [1.54, 1.807) is 0 Å². The Labute approximate surface area is 132 Å². The van der Waals surface area contributed by atoms with Gasteiger partial charge in [0.15, 0.2) is 0 Å². The van der Waals surface area contributed by atoms with Crippen molar-refractivity contribution in [3.63, 3.8) is 0 Å². The van der Waals surface area contributed by atoms with Crippen molar-refractivity contribution in [2.24, 2.45) is 5.73 Å². The number of hydrogen-bond acceptors (Lipinski definition) is 4. The minimum absolute atomic E-state index is 0.203. The molecule has 0 amide bonds. The van der Waals surface area contributed by atoms with E-state index in [2.05, 4.69) is 11.8 Å². The summed E-state index contributed by atoms with van der Waals surface area (Å²) in [5.74, 6) is 0.743. The summed E-state index contributed by atoms with van der Waals surface area (Å²) in [6.45, 7) is 5.68. The van der Waals surface area contributed by atoms with Crippen molar-refractivity contribution in [2.45, 2.75) is 26.2 Å². The zero-order chi connectivity index (χ0) is 15.5. The molecule has 0 aromatic heterocycles. The number of ether oxygens (including phenoxy) is 1. The van der Waals surface area contributed by atoms with Crippen LogP contribution in [0.1, 0.15) is 31.7 Å². The molecule has 0 radical (unpaired) electrons. The molecule has 21 heavy (non-hydrogen) atoms. The third-order valence-corrected chi connectivity index (χ3v) is 3.49. The molecule has 0 bridgehead atoms. The lowest BCUT2D eigenvalue weighted by Gasteiger charge is -2.21. The number of aliphatic hydroxyl groups excluding tert-OH is 1. The quantitative estimate of drug-likeness (QED) is 0.485. The summed E-state index contributed by atoms with van der Waals surface area (Å²) in [6, 6.07) is 7.57. The number of unbranched alkanes of at least 4 members (excludes halogenated alkanes) is 1. The number of nitrogens with two attached hydrogens (primary N) is 1. The number of rotatable bonds is 11. The van der Waals surface area contributed by atoms with E-state index >= 15 is 0 Å². The Hall–Kier alpha value is -1.17. The van der Waals surface area contributed by atoms with E-state index in [1.807, 2.05) is 24.3 Å². The van der Waals surface area contributed by atoms with Crippen molar-refractivity contribution < 1.29 is 9.84 Å². The van der Waals surface area contributed by atoms with Crippen LogP contribution >= 0.6 is 12.2 Å². The molecule has 0 fully saturated rings. The van der Waals surface area contributed by atoms with Crippen LogP contribution in [0.2, 0.25) is 0 Å². The third-order valence-electron chi connectivity index (χ3n) is 3.27. The minimum atomic E-state index is 0.203. The van der Waals surface area contributed by atoms with Crippen LogP contribution in [0.4, 0.5) is 0 Å². The molecule has 0 aliphatic carbocycles. The summed E-state index contributed by atoms with van der Waals surface area (Å²) in [7, 11) is 0. The molecule has 0 aliphatic heterocycles. The lowest BCUT2D eigenvalue weighted by atomic mass is 10.2. The van der Waals surface area contributed by atoms with Gasteiger partial charge >= 0.3 is 0 Å². The highest BCUT2D eigenvalue weighted by Crippen LogP contribution is 2.17. The van der Waals surface area contributed by atoms with Gasteiger partial charge in [-0.05, 0) is 31.5 Å². The van der Waals surface area contributed by atoms with Gasteiger partial charge in [-0.15, -0.1) is 0 Å². The van der Waals surface area contributed by atoms with Gasteiger partial charge < -0.3 is 20.5 Å². The van der Waals surface area contributed by atoms with E-state index < -0.39 is 0 Å². The molecule has 0 saturated heterocycles.